The second-order valence-corrected chi connectivity index (χ2v) is 4.62. The van der Waals surface area contributed by atoms with Gasteiger partial charge in [-0.05, 0) is 18.9 Å². The zero-order valence-electron chi connectivity index (χ0n) is 12.3. The molecule has 0 spiro atoms. The molecule has 3 N–H and O–H groups in total. The Kier molecular flexibility index (Phi) is 6.61. The molecule has 0 fully saturated rings. The first-order chi connectivity index (χ1) is 10.0. The van der Waals surface area contributed by atoms with Crippen LogP contribution in [0.3, 0.4) is 0 Å². The number of non-ortho nitro benzene ring substituents is 1. The maximum absolute atomic E-state index is 11.7. The monoisotopic (exact) mass is 295 g/mol. The Morgan fingerprint density at radius 2 is 2.10 bits per heavy atom. The number of carbonyl (C=O) groups is 1. The van der Waals surface area contributed by atoms with Crippen LogP contribution >= 0.6 is 0 Å². The number of benzene rings is 1. The van der Waals surface area contributed by atoms with E-state index >= 15 is 0 Å². The molecule has 0 bridgehead atoms. The molecule has 0 aliphatic heterocycles. The Morgan fingerprint density at radius 1 is 1.43 bits per heavy atom. The lowest BCUT2D eigenvalue weighted by Crippen LogP contribution is -2.37. The summed E-state index contributed by atoms with van der Waals surface area (Å²) in [5, 5.41) is 13.5. The summed E-state index contributed by atoms with van der Waals surface area (Å²) >= 11 is 0. The molecule has 0 radical (unpaired) electrons. The van der Waals surface area contributed by atoms with Crippen molar-refractivity contribution in [1.29, 1.82) is 0 Å². The summed E-state index contributed by atoms with van der Waals surface area (Å²) in [4.78, 5) is 21.9. The summed E-state index contributed by atoms with van der Waals surface area (Å²) in [5.74, 6) is 0.174. The third-order valence-corrected chi connectivity index (χ3v) is 3.18. The van der Waals surface area contributed by atoms with E-state index in [2.05, 4.69) is 5.32 Å². The van der Waals surface area contributed by atoms with Gasteiger partial charge in [0.1, 0.15) is 5.75 Å². The van der Waals surface area contributed by atoms with Crippen LogP contribution in [-0.4, -0.2) is 23.5 Å². The normalized spacial score (nSPS) is 10.5. The molecule has 0 aliphatic rings. The molecule has 1 aromatic carbocycles. The number of amides is 1. The van der Waals surface area contributed by atoms with Crippen molar-refractivity contribution in [2.24, 2.45) is 5.73 Å². The van der Waals surface area contributed by atoms with Crippen molar-refractivity contribution in [1.82, 2.24) is 5.32 Å². The van der Waals surface area contributed by atoms with E-state index in [0.717, 1.165) is 12.8 Å². The number of nitrogens with zero attached hydrogens (tertiary/aromatic N) is 1. The minimum absolute atomic E-state index is 0.0516. The van der Waals surface area contributed by atoms with E-state index in [4.69, 9.17) is 10.5 Å². The van der Waals surface area contributed by atoms with Crippen molar-refractivity contribution in [3.05, 3.63) is 33.9 Å². The number of nitro benzene ring substituents is 1. The molecule has 0 aromatic heterocycles. The minimum atomic E-state index is -0.497. The Morgan fingerprint density at radius 3 is 2.62 bits per heavy atom. The first-order valence-corrected chi connectivity index (χ1v) is 6.91. The van der Waals surface area contributed by atoms with Crippen molar-refractivity contribution >= 4 is 11.6 Å². The molecule has 1 rings (SSSR count). The van der Waals surface area contributed by atoms with Gasteiger partial charge in [-0.2, -0.15) is 0 Å². The summed E-state index contributed by atoms with van der Waals surface area (Å²) < 4.78 is 5.40. The fourth-order valence-electron chi connectivity index (χ4n) is 1.89. The summed E-state index contributed by atoms with van der Waals surface area (Å²) in [6.07, 6.45) is 1.71. The van der Waals surface area contributed by atoms with E-state index in [1.807, 2.05) is 13.8 Å². The highest BCUT2D eigenvalue weighted by atomic mass is 16.6. The summed E-state index contributed by atoms with van der Waals surface area (Å²) in [6.45, 7) is 3.96. The van der Waals surface area contributed by atoms with Crippen LogP contribution in [0, 0.1) is 10.1 Å². The summed E-state index contributed by atoms with van der Waals surface area (Å²) in [7, 11) is 0. The molecule has 0 atom stereocenters. The van der Waals surface area contributed by atoms with E-state index in [1.54, 1.807) is 0 Å². The number of nitrogens with one attached hydrogen (secondary N) is 1. The number of nitrogens with two attached hydrogens (primary N) is 1. The highest BCUT2D eigenvalue weighted by molar-refractivity contribution is 5.77. The summed E-state index contributed by atoms with van der Waals surface area (Å²) in [6, 6.07) is 4.28. The first-order valence-electron chi connectivity index (χ1n) is 6.91. The van der Waals surface area contributed by atoms with Gasteiger partial charge in [0.05, 0.1) is 4.92 Å². The van der Waals surface area contributed by atoms with Crippen molar-refractivity contribution < 1.29 is 14.5 Å². The van der Waals surface area contributed by atoms with Gasteiger partial charge in [0.25, 0.3) is 11.6 Å². The van der Waals surface area contributed by atoms with Crippen LogP contribution in [0.5, 0.6) is 5.75 Å². The van der Waals surface area contributed by atoms with Gasteiger partial charge in [-0.3, -0.25) is 14.9 Å². The number of ether oxygens (including phenoxy) is 1. The Hall–Kier alpha value is -2.15. The smallest absolute Gasteiger partial charge is 0.270 e. The van der Waals surface area contributed by atoms with Crippen LogP contribution in [0.4, 0.5) is 5.69 Å². The number of carbonyl (C=O) groups excluding carboxylic acids is 1. The average Bonchev–Trinajstić information content (AvgIpc) is 2.50. The van der Waals surface area contributed by atoms with Crippen LogP contribution in [0.1, 0.15) is 32.3 Å². The third kappa shape index (κ3) is 5.03. The topological polar surface area (TPSA) is 107 Å². The fraction of sp³-hybridized carbons (Fsp3) is 0.500. The number of hydrogen-bond acceptors (Lipinski definition) is 5. The van der Waals surface area contributed by atoms with Crippen molar-refractivity contribution in [3.8, 4) is 5.75 Å². The Bertz CT molecular complexity index is 501. The van der Waals surface area contributed by atoms with Crippen LogP contribution < -0.4 is 15.8 Å². The van der Waals surface area contributed by atoms with Gasteiger partial charge in [-0.15, -0.1) is 0 Å². The van der Waals surface area contributed by atoms with Crippen LogP contribution in [0.25, 0.3) is 0 Å². The van der Waals surface area contributed by atoms with Crippen LogP contribution in [0.15, 0.2) is 18.2 Å². The fourth-order valence-corrected chi connectivity index (χ4v) is 1.89. The van der Waals surface area contributed by atoms with Crippen molar-refractivity contribution in [2.75, 3.05) is 6.61 Å². The molecule has 7 nitrogen and oxygen atoms in total. The van der Waals surface area contributed by atoms with E-state index in [1.165, 1.54) is 18.2 Å². The second kappa shape index (κ2) is 8.21. The standard InChI is InChI=1S/C14H21N3O4/c1-3-11(4-2)16-14(18)9-21-13-6-5-12(17(19)20)7-10(13)8-15/h5-7,11H,3-4,8-9,15H2,1-2H3,(H,16,18). The molecule has 0 saturated heterocycles. The molecule has 7 heteroatoms. The predicted octanol–water partition coefficient (Wildman–Crippen LogP) is 1.74. The van der Waals surface area contributed by atoms with Crippen LogP contribution in [-0.2, 0) is 11.3 Å². The Balaban J connectivity index is 2.66. The van der Waals surface area contributed by atoms with E-state index < -0.39 is 4.92 Å². The van der Waals surface area contributed by atoms with Crippen molar-refractivity contribution in [3.63, 3.8) is 0 Å². The SMILES string of the molecule is CCC(CC)NC(=O)COc1ccc([N+](=O)[O-])cc1CN. The van der Waals surface area contributed by atoms with Crippen LogP contribution in [0.2, 0.25) is 0 Å². The third-order valence-electron chi connectivity index (χ3n) is 3.18. The first kappa shape index (κ1) is 16.9. The second-order valence-electron chi connectivity index (χ2n) is 4.62. The molecule has 0 unspecified atom stereocenters. The van der Waals surface area contributed by atoms with Gasteiger partial charge in [0.15, 0.2) is 6.61 Å². The molecule has 116 valence electrons. The highest BCUT2D eigenvalue weighted by Gasteiger charge is 2.13. The molecule has 21 heavy (non-hydrogen) atoms. The number of hydrogen-bond donors (Lipinski definition) is 2. The highest BCUT2D eigenvalue weighted by Crippen LogP contribution is 2.23. The largest absolute Gasteiger partial charge is 0.483 e. The van der Waals surface area contributed by atoms with E-state index in [-0.39, 0.29) is 30.8 Å². The van der Waals surface area contributed by atoms with Gasteiger partial charge in [-0.25, -0.2) is 0 Å². The predicted molar refractivity (Wildman–Crippen MR) is 79.0 cm³/mol. The molecule has 1 aromatic rings. The molecular weight excluding hydrogens is 274 g/mol. The maximum atomic E-state index is 11.7. The van der Waals surface area contributed by atoms with E-state index in [9.17, 15) is 14.9 Å². The zero-order valence-corrected chi connectivity index (χ0v) is 12.3. The van der Waals surface area contributed by atoms with Gasteiger partial charge >= 0.3 is 0 Å². The van der Waals surface area contributed by atoms with Gasteiger partial charge in [-0.1, -0.05) is 13.8 Å². The molecule has 1 amide bonds. The zero-order chi connectivity index (χ0) is 15.8. The van der Waals surface area contributed by atoms with Crippen molar-refractivity contribution in [2.45, 2.75) is 39.3 Å². The maximum Gasteiger partial charge on any atom is 0.270 e. The average molecular weight is 295 g/mol. The lowest BCUT2D eigenvalue weighted by Gasteiger charge is -2.15. The molecular formula is C14H21N3O4. The van der Waals surface area contributed by atoms with Gasteiger partial charge in [0.2, 0.25) is 0 Å². The Labute approximate surface area is 123 Å². The molecule has 0 heterocycles. The van der Waals surface area contributed by atoms with Gasteiger partial charge in [0, 0.05) is 30.3 Å². The number of nitro groups is 1. The quantitative estimate of drug-likeness (QED) is 0.561. The minimum Gasteiger partial charge on any atom is -0.483 e. The van der Waals surface area contributed by atoms with E-state index in [0.29, 0.717) is 11.3 Å². The lowest BCUT2D eigenvalue weighted by molar-refractivity contribution is -0.384. The summed E-state index contributed by atoms with van der Waals surface area (Å²) in [5.41, 5.74) is 5.99. The van der Waals surface area contributed by atoms with Gasteiger partial charge < -0.3 is 15.8 Å². The lowest BCUT2D eigenvalue weighted by atomic mass is 10.1. The molecule has 0 aliphatic carbocycles. The number of rotatable bonds is 8. The molecule has 0 saturated carbocycles.